The number of hydrogen-bond acceptors (Lipinski definition) is 6. The normalized spacial score (nSPS) is 20.4. The maximum Gasteiger partial charge on any atom is 0.267 e. The Morgan fingerprint density at radius 2 is 1.93 bits per heavy atom. The lowest BCUT2D eigenvalue weighted by Gasteiger charge is -2.23. The minimum absolute atomic E-state index is 0.119. The van der Waals surface area contributed by atoms with Crippen molar-refractivity contribution in [2.75, 3.05) is 11.4 Å². The van der Waals surface area contributed by atoms with Crippen molar-refractivity contribution in [2.24, 2.45) is 0 Å². The molecule has 0 aromatic heterocycles. The third-order valence-corrected chi connectivity index (χ3v) is 6.06. The van der Waals surface area contributed by atoms with Crippen molar-refractivity contribution in [1.29, 1.82) is 0 Å². The van der Waals surface area contributed by atoms with Crippen molar-refractivity contribution in [3.63, 3.8) is 0 Å². The summed E-state index contributed by atoms with van der Waals surface area (Å²) >= 11 is 6.17. The number of carbonyl (C=O) groups is 3. The molecule has 8 heteroatoms. The van der Waals surface area contributed by atoms with Gasteiger partial charge >= 0.3 is 0 Å². The van der Waals surface area contributed by atoms with Crippen LogP contribution in [-0.4, -0.2) is 39.6 Å². The van der Waals surface area contributed by atoms with Gasteiger partial charge < -0.3 is 14.8 Å². The smallest absolute Gasteiger partial charge is 0.267 e. The quantitative estimate of drug-likeness (QED) is 0.410. The lowest BCUT2D eigenvalue weighted by molar-refractivity contribution is -0.309. The molecule has 1 aromatic rings. The van der Waals surface area contributed by atoms with Crippen molar-refractivity contribution in [3.05, 3.63) is 34.7 Å². The minimum atomic E-state index is -1.39. The fourth-order valence-electron chi connectivity index (χ4n) is 3.21. The van der Waals surface area contributed by atoms with Crippen LogP contribution in [-0.2, 0) is 14.4 Å². The number of fused-ring (bicyclic) bond motifs is 1. The Morgan fingerprint density at radius 3 is 2.59 bits per heavy atom. The lowest BCUT2D eigenvalue weighted by Crippen LogP contribution is -2.48. The van der Waals surface area contributed by atoms with E-state index in [1.807, 2.05) is 18.2 Å². The molecule has 27 heavy (non-hydrogen) atoms. The topological polar surface area (TPSA) is 80.8 Å². The number of carboxylic acid groups (broad SMARTS) is 1. The number of amides is 2. The van der Waals surface area contributed by atoms with Gasteiger partial charge in [0.05, 0.1) is 28.2 Å². The summed E-state index contributed by atoms with van der Waals surface area (Å²) in [5.74, 6) is -2.19. The Labute approximate surface area is 167 Å². The number of hydrogen-bond donors (Lipinski definition) is 0. The molecule has 0 bridgehead atoms. The van der Waals surface area contributed by atoms with E-state index in [0.717, 1.165) is 41.6 Å². The zero-order chi connectivity index (χ0) is 19.7. The molecule has 0 radical (unpaired) electrons. The van der Waals surface area contributed by atoms with E-state index in [-0.39, 0.29) is 15.1 Å². The molecule has 2 aliphatic rings. The molecule has 0 unspecified atom stereocenters. The standard InChI is InChI=1S/C19H20N2O4S2/c1-3-4-7-10-20-13-9-6-5-8-12(13)14(16(20)22)15-17(23)21(19(26)27-15)11(2)18(24)25/h5-6,8-9,11H,3-4,7,10H2,1-2H3,(H,24,25)/p-1/b15-14-/t11-/m1/s1. The maximum atomic E-state index is 13.1. The number of carboxylic acids is 1. The first-order chi connectivity index (χ1) is 12.9. The number of anilines is 1. The average Bonchev–Trinajstić information content (AvgIpc) is 3.08. The van der Waals surface area contributed by atoms with E-state index in [0.29, 0.717) is 17.7 Å². The summed E-state index contributed by atoms with van der Waals surface area (Å²) in [6.07, 6.45) is 2.91. The first-order valence-electron chi connectivity index (χ1n) is 8.80. The predicted molar refractivity (Wildman–Crippen MR) is 107 cm³/mol. The van der Waals surface area contributed by atoms with Gasteiger partial charge in [-0.1, -0.05) is 61.9 Å². The number of thiocarbonyl (C=S) groups is 1. The Hall–Kier alpha value is -2.19. The summed E-state index contributed by atoms with van der Waals surface area (Å²) in [5, 5.41) is 11.2. The van der Waals surface area contributed by atoms with E-state index >= 15 is 0 Å². The molecule has 1 atom stereocenters. The summed E-state index contributed by atoms with van der Waals surface area (Å²) in [6, 6.07) is 6.13. The molecule has 2 amide bonds. The van der Waals surface area contributed by atoms with Crippen LogP contribution in [0.1, 0.15) is 38.7 Å². The molecule has 2 aliphatic heterocycles. The van der Waals surface area contributed by atoms with Gasteiger partial charge in [0, 0.05) is 12.1 Å². The molecule has 2 heterocycles. The average molecular weight is 404 g/mol. The maximum absolute atomic E-state index is 13.1. The van der Waals surface area contributed by atoms with Gasteiger partial charge in [-0.05, 0) is 19.4 Å². The van der Waals surface area contributed by atoms with E-state index < -0.39 is 17.9 Å². The van der Waals surface area contributed by atoms with Crippen LogP contribution >= 0.6 is 24.0 Å². The number of thioether (sulfide) groups is 1. The zero-order valence-electron chi connectivity index (χ0n) is 15.1. The van der Waals surface area contributed by atoms with Gasteiger partial charge in [0.25, 0.3) is 11.8 Å². The second kappa shape index (κ2) is 7.82. The highest BCUT2D eigenvalue weighted by molar-refractivity contribution is 8.26. The predicted octanol–water partition coefficient (Wildman–Crippen LogP) is 1.93. The molecular formula is C19H19N2O4S2-. The molecule has 0 spiro atoms. The molecule has 1 fully saturated rings. The van der Waals surface area contributed by atoms with Gasteiger partial charge in [-0.2, -0.15) is 0 Å². The Bertz CT molecular complexity index is 865. The molecule has 6 nitrogen and oxygen atoms in total. The van der Waals surface area contributed by atoms with Crippen LogP contribution in [0, 0.1) is 0 Å². The first kappa shape index (κ1) is 19.6. The highest BCUT2D eigenvalue weighted by Gasteiger charge is 2.43. The molecule has 0 N–H and O–H groups in total. The molecule has 142 valence electrons. The molecule has 1 saturated heterocycles. The van der Waals surface area contributed by atoms with Crippen LogP contribution in [0.2, 0.25) is 0 Å². The van der Waals surface area contributed by atoms with Crippen LogP contribution in [0.15, 0.2) is 29.2 Å². The van der Waals surface area contributed by atoms with Crippen molar-refractivity contribution in [1.82, 2.24) is 4.90 Å². The van der Waals surface area contributed by atoms with Crippen molar-refractivity contribution in [3.8, 4) is 0 Å². The lowest BCUT2D eigenvalue weighted by atomic mass is 10.1. The fraction of sp³-hybridized carbons (Fsp3) is 0.368. The number of aliphatic carboxylic acids is 1. The van der Waals surface area contributed by atoms with Gasteiger partial charge in [0.1, 0.15) is 4.32 Å². The molecule has 3 rings (SSSR count). The summed E-state index contributed by atoms with van der Waals surface area (Å²) in [7, 11) is 0. The van der Waals surface area contributed by atoms with E-state index in [9.17, 15) is 19.5 Å². The van der Waals surface area contributed by atoms with Gasteiger partial charge in [-0.15, -0.1) is 0 Å². The highest BCUT2D eigenvalue weighted by atomic mass is 32.2. The van der Waals surface area contributed by atoms with Crippen LogP contribution in [0.25, 0.3) is 5.57 Å². The highest BCUT2D eigenvalue weighted by Crippen LogP contribution is 2.44. The van der Waals surface area contributed by atoms with E-state index in [2.05, 4.69) is 6.92 Å². The van der Waals surface area contributed by atoms with Crippen molar-refractivity contribution >= 4 is 57.3 Å². The van der Waals surface area contributed by atoms with Crippen LogP contribution in [0.3, 0.4) is 0 Å². The largest absolute Gasteiger partial charge is 0.548 e. The Morgan fingerprint density at radius 1 is 1.22 bits per heavy atom. The van der Waals surface area contributed by atoms with Crippen LogP contribution in [0.4, 0.5) is 5.69 Å². The third-order valence-electron chi connectivity index (χ3n) is 4.66. The first-order valence-corrected chi connectivity index (χ1v) is 10.0. The number of nitrogens with zero attached hydrogens (tertiary/aromatic N) is 2. The fourth-order valence-corrected chi connectivity index (χ4v) is 4.70. The Balaban J connectivity index is 2.03. The number of rotatable bonds is 6. The Kier molecular flexibility index (Phi) is 5.67. The SMILES string of the molecule is CCCCCN1C(=O)/C(=C2\SC(=S)N([C@H](C)C(=O)[O-])C2=O)c2ccccc21. The second-order valence-corrected chi connectivity index (χ2v) is 8.07. The van der Waals surface area contributed by atoms with E-state index in [1.54, 1.807) is 11.0 Å². The van der Waals surface area contributed by atoms with Crippen molar-refractivity contribution in [2.45, 2.75) is 39.2 Å². The van der Waals surface area contributed by atoms with Gasteiger partial charge in [-0.3, -0.25) is 14.5 Å². The zero-order valence-corrected chi connectivity index (χ0v) is 16.7. The second-order valence-electron chi connectivity index (χ2n) is 6.42. The monoisotopic (exact) mass is 403 g/mol. The number of para-hydroxylation sites is 1. The van der Waals surface area contributed by atoms with Gasteiger partial charge in [-0.25, -0.2) is 0 Å². The van der Waals surface area contributed by atoms with Gasteiger partial charge in [0.2, 0.25) is 0 Å². The molecule has 0 aliphatic carbocycles. The van der Waals surface area contributed by atoms with Crippen molar-refractivity contribution < 1.29 is 19.5 Å². The molecular weight excluding hydrogens is 384 g/mol. The van der Waals surface area contributed by atoms with Crippen LogP contribution < -0.4 is 10.0 Å². The minimum Gasteiger partial charge on any atom is -0.548 e. The third kappa shape index (κ3) is 3.39. The van der Waals surface area contributed by atoms with Gasteiger partial charge in [0.15, 0.2) is 0 Å². The van der Waals surface area contributed by atoms with Crippen LogP contribution in [0.5, 0.6) is 0 Å². The summed E-state index contributed by atoms with van der Waals surface area (Å²) < 4.78 is 0.119. The molecule has 0 saturated carbocycles. The summed E-state index contributed by atoms with van der Waals surface area (Å²) in [4.78, 5) is 40.1. The van der Waals surface area contributed by atoms with E-state index in [1.165, 1.54) is 6.92 Å². The summed E-state index contributed by atoms with van der Waals surface area (Å²) in [6.45, 7) is 4.01. The number of unbranched alkanes of at least 4 members (excludes halogenated alkanes) is 2. The molecule has 1 aromatic carbocycles. The number of carbonyl (C=O) groups excluding carboxylic acids is 3. The number of benzene rings is 1. The van der Waals surface area contributed by atoms with E-state index in [4.69, 9.17) is 12.2 Å². The summed E-state index contributed by atoms with van der Waals surface area (Å²) in [5.41, 5.74) is 1.75.